The first kappa shape index (κ1) is 15.6. The van der Waals surface area contributed by atoms with Crippen molar-refractivity contribution in [1.82, 2.24) is 4.90 Å². The van der Waals surface area contributed by atoms with Gasteiger partial charge in [-0.15, -0.1) is 0 Å². The van der Waals surface area contributed by atoms with Crippen LogP contribution in [0.15, 0.2) is 0 Å². The van der Waals surface area contributed by atoms with Gasteiger partial charge < -0.3 is 4.90 Å². The maximum atomic E-state index is 12.9. The molecule has 0 aliphatic heterocycles. The van der Waals surface area contributed by atoms with Crippen molar-refractivity contribution >= 4 is 21.8 Å². The summed E-state index contributed by atoms with van der Waals surface area (Å²) in [6, 6.07) is 0. The first-order valence-electron chi connectivity index (χ1n) is 7.73. The van der Waals surface area contributed by atoms with E-state index in [1.165, 1.54) is 19.3 Å². The van der Waals surface area contributed by atoms with Crippen LogP contribution in [0.4, 0.5) is 13.2 Å². The number of halogens is 4. The summed E-state index contributed by atoms with van der Waals surface area (Å²) in [5.41, 5.74) is -0.484. The fraction of sp³-hybridized carbons (Fsp3) is 0.933. The van der Waals surface area contributed by atoms with Gasteiger partial charge in [-0.05, 0) is 56.3 Å². The van der Waals surface area contributed by atoms with Crippen molar-refractivity contribution in [3.05, 3.63) is 0 Å². The minimum Gasteiger partial charge on any atom is -0.332 e. The van der Waals surface area contributed by atoms with Crippen LogP contribution in [0.1, 0.15) is 38.5 Å². The van der Waals surface area contributed by atoms with Gasteiger partial charge in [-0.25, -0.2) is 0 Å². The van der Waals surface area contributed by atoms with Crippen molar-refractivity contribution in [2.24, 2.45) is 23.2 Å². The van der Waals surface area contributed by atoms with E-state index in [1.54, 1.807) is 0 Å². The lowest BCUT2D eigenvalue weighted by Gasteiger charge is -2.56. The summed E-state index contributed by atoms with van der Waals surface area (Å²) in [5.74, 6) is 1.46. The van der Waals surface area contributed by atoms with Gasteiger partial charge in [0.05, 0.1) is 5.41 Å². The Labute approximate surface area is 131 Å². The molecule has 4 rings (SSSR count). The van der Waals surface area contributed by atoms with Crippen molar-refractivity contribution in [1.29, 1.82) is 0 Å². The lowest BCUT2D eigenvalue weighted by atomic mass is 9.49. The van der Waals surface area contributed by atoms with E-state index in [9.17, 15) is 18.0 Å². The Morgan fingerprint density at radius 3 is 1.95 bits per heavy atom. The number of rotatable bonds is 4. The molecule has 0 N–H and O–H groups in total. The molecule has 120 valence electrons. The molecule has 4 aliphatic carbocycles. The first-order chi connectivity index (χ1) is 9.81. The number of amides is 1. The Hall–Kier alpha value is -0.260. The van der Waals surface area contributed by atoms with Crippen LogP contribution in [0.5, 0.6) is 0 Å². The molecule has 4 aliphatic rings. The zero-order valence-electron chi connectivity index (χ0n) is 12.0. The molecule has 0 aromatic heterocycles. The van der Waals surface area contributed by atoms with Crippen LogP contribution in [0.2, 0.25) is 0 Å². The number of hydrogen-bond acceptors (Lipinski definition) is 1. The van der Waals surface area contributed by atoms with Crippen LogP contribution in [-0.2, 0) is 4.79 Å². The maximum absolute atomic E-state index is 12.9. The molecule has 1 amide bonds. The van der Waals surface area contributed by atoms with Gasteiger partial charge in [-0.1, -0.05) is 15.9 Å². The smallest absolute Gasteiger partial charge is 0.332 e. The van der Waals surface area contributed by atoms with E-state index in [0.29, 0.717) is 23.1 Å². The summed E-state index contributed by atoms with van der Waals surface area (Å²) in [6.45, 7) is -0.973. The molecule has 0 unspecified atom stereocenters. The summed E-state index contributed by atoms with van der Waals surface area (Å²) in [4.78, 5) is 13.9. The highest BCUT2D eigenvalue weighted by Crippen LogP contribution is 2.60. The molecule has 0 aromatic rings. The minimum absolute atomic E-state index is 0.139. The molecular formula is C15H21BrF3NO. The molecule has 0 saturated heterocycles. The van der Waals surface area contributed by atoms with Crippen LogP contribution in [0.3, 0.4) is 0 Å². The Balaban J connectivity index is 1.79. The third-order valence-corrected chi connectivity index (χ3v) is 5.86. The van der Waals surface area contributed by atoms with Crippen molar-refractivity contribution in [2.75, 3.05) is 18.4 Å². The van der Waals surface area contributed by atoms with Crippen LogP contribution in [0.25, 0.3) is 0 Å². The van der Waals surface area contributed by atoms with Gasteiger partial charge in [0.15, 0.2) is 0 Å². The van der Waals surface area contributed by atoms with Gasteiger partial charge in [-0.3, -0.25) is 4.79 Å². The molecule has 0 radical (unpaired) electrons. The quantitative estimate of drug-likeness (QED) is 0.688. The second kappa shape index (κ2) is 5.43. The molecule has 4 bridgehead atoms. The van der Waals surface area contributed by atoms with E-state index in [1.807, 2.05) is 0 Å². The summed E-state index contributed by atoms with van der Waals surface area (Å²) in [5, 5.41) is 0.390. The normalized spacial score (nSPS) is 37.8. The van der Waals surface area contributed by atoms with E-state index in [0.717, 1.165) is 24.2 Å². The van der Waals surface area contributed by atoms with Gasteiger partial charge in [0.1, 0.15) is 6.54 Å². The fourth-order valence-corrected chi connectivity index (χ4v) is 5.71. The Bertz CT molecular complexity index is 388. The lowest BCUT2D eigenvalue weighted by molar-refractivity contribution is -0.176. The third-order valence-electron chi connectivity index (χ3n) is 5.50. The number of alkyl halides is 4. The topological polar surface area (TPSA) is 20.3 Å². The second-order valence-corrected chi connectivity index (χ2v) is 8.02. The van der Waals surface area contributed by atoms with Gasteiger partial charge >= 0.3 is 6.18 Å². The number of hydrogen-bond donors (Lipinski definition) is 0. The molecule has 0 aromatic carbocycles. The third kappa shape index (κ3) is 3.10. The Morgan fingerprint density at radius 1 is 1.10 bits per heavy atom. The molecule has 0 heterocycles. The number of carbonyl (C=O) groups excluding carboxylic acids is 1. The maximum Gasteiger partial charge on any atom is 0.406 e. The highest BCUT2D eigenvalue weighted by Gasteiger charge is 2.56. The molecule has 4 saturated carbocycles. The molecule has 0 spiro atoms. The van der Waals surface area contributed by atoms with E-state index in [-0.39, 0.29) is 12.5 Å². The average molecular weight is 368 g/mol. The van der Waals surface area contributed by atoms with E-state index in [2.05, 4.69) is 15.9 Å². The van der Waals surface area contributed by atoms with Gasteiger partial charge in [-0.2, -0.15) is 13.2 Å². The van der Waals surface area contributed by atoms with Crippen molar-refractivity contribution in [3.63, 3.8) is 0 Å². The van der Waals surface area contributed by atoms with Crippen molar-refractivity contribution < 1.29 is 18.0 Å². The lowest BCUT2D eigenvalue weighted by Crippen LogP contribution is -2.56. The SMILES string of the molecule is O=C(N(CCBr)CC(F)(F)F)C12CC3CC(CC(C3)C1)C2. The molecule has 6 heteroatoms. The molecule has 4 fully saturated rings. The van der Waals surface area contributed by atoms with E-state index < -0.39 is 18.1 Å². The molecular weight excluding hydrogens is 347 g/mol. The van der Waals surface area contributed by atoms with Crippen molar-refractivity contribution in [3.8, 4) is 0 Å². The number of carbonyl (C=O) groups is 1. The standard InChI is InChI=1S/C15H21BrF3NO/c16-1-2-20(9-15(17,18)19)13(21)14-6-10-3-11(7-14)5-12(4-10)8-14/h10-12H,1-9H2. The molecule has 2 nitrogen and oxygen atoms in total. The van der Waals surface area contributed by atoms with Crippen LogP contribution in [0, 0.1) is 23.2 Å². The number of nitrogens with zero attached hydrogens (tertiary/aromatic N) is 1. The fourth-order valence-electron chi connectivity index (χ4n) is 5.28. The molecule has 0 atom stereocenters. The zero-order chi connectivity index (χ0) is 15.3. The monoisotopic (exact) mass is 367 g/mol. The summed E-state index contributed by atoms with van der Waals surface area (Å²) in [7, 11) is 0. The summed E-state index contributed by atoms with van der Waals surface area (Å²) in [6.07, 6.45) is 1.68. The predicted octanol–water partition coefficient (Wildman–Crippen LogP) is 3.99. The zero-order valence-corrected chi connectivity index (χ0v) is 13.5. The summed E-state index contributed by atoms with van der Waals surface area (Å²) >= 11 is 3.17. The predicted molar refractivity (Wildman–Crippen MR) is 77.0 cm³/mol. The average Bonchev–Trinajstić information content (AvgIpc) is 2.34. The van der Waals surface area contributed by atoms with Crippen LogP contribution >= 0.6 is 15.9 Å². The van der Waals surface area contributed by atoms with Crippen LogP contribution in [-0.4, -0.2) is 35.4 Å². The van der Waals surface area contributed by atoms with Gasteiger partial charge in [0.25, 0.3) is 0 Å². The highest BCUT2D eigenvalue weighted by atomic mass is 79.9. The van der Waals surface area contributed by atoms with Crippen molar-refractivity contribution in [2.45, 2.75) is 44.7 Å². The molecule has 21 heavy (non-hydrogen) atoms. The van der Waals surface area contributed by atoms with Gasteiger partial charge in [0.2, 0.25) is 5.91 Å². The van der Waals surface area contributed by atoms with Crippen LogP contribution < -0.4 is 0 Å². The summed E-state index contributed by atoms with van der Waals surface area (Å²) < 4.78 is 38.3. The Kier molecular flexibility index (Phi) is 4.04. The van der Waals surface area contributed by atoms with E-state index in [4.69, 9.17) is 0 Å². The minimum atomic E-state index is -4.32. The second-order valence-electron chi connectivity index (χ2n) is 7.23. The Morgan fingerprint density at radius 2 is 1.57 bits per heavy atom. The first-order valence-corrected chi connectivity index (χ1v) is 8.85. The largest absolute Gasteiger partial charge is 0.406 e. The highest BCUT2D eigenvalue weighted by molar-refractivity contribution is 9.09. The van der Waals surface area contributed by atoms with Gasteiger partial charge in [0, 0.05) is 11.9 Å². The van der Waals surface area contributed by atoms with E-state index >= 15 is 0 Å².